The Balaban J connectivity index is 0.000000185. The minimum absolute atomic E-state index is 0.0216. The van der Waals surface area contributed by atoms with E-state index >= 15 is 0 Å². The van der Waals surface area contributed by atoms with Crippen molar-refractivity contribution in [1.29, 1.82) is 0 Å². The summed E-state index contributed by atoms with van der Waals surface area (Å²) >= 11 is 11.4. The summed E-state index contributed by atoms with van der Waals surface area (Å²) < 4.78 is 112. The number of nitrogens with zero attached hydrogens (tertiary/aromatic N) is 6. The van der Waals surface area contributed by atoms with Gasteiger partial charge in [-0.3, -0.25) is 19.6 Å². The molecule has 250 valence electrons. The molecule has 4 heterocycles. The second-order valence-electron chi connectivity index (χ2n) is 9.76. The molecule has 0 aromatic heterocycles. The van der Waals surface area contributed by atoms with E-state index in [1.165, 1.54) is 7.11 Å². The Bertz CT molecular complexity index is 1790. The highest BCUT2D eigenvalue weighted by atomic mass is 35.5. The van der Waals surface area contributed by atoms with Gasteiger partial charge in [-0.2, -0.15) is 26.3 Å². The van der Waals surface area contributed by atoms with Gasteiger partial charge in [-0.05, 0) is 12.1 Å². The quantitative estimate of drug-likeness (QED) is 0.416. The van der Waals surface area contributed by atoms with E-state index in [0.717, 1.165) is 39.0 Å². The summed E-state index contributed by atoms with van der Waals surface area (Å²) in [6, 6.07) is 3.69. The Labute approximate surface area is 269 Å². The maximum Gasteiger partial charge on any atom is 0.431 e. The molecule has 1 N–H and O–H groups in total. The normalized spacial score (nSPS) is 17.9. The van der Waals surface area contributed by atoms with Crippen molar-refractivity contribution in [3.63, 3.8) is 0 Å². The fourth-order valence-electron chi connectivity index (χ4n) is 4.89. The lowest BCUT2D eigenvalue weighted by Crippen LogP contribution is -2.51. The van der Waals surface area contributed by atoms with Crippen LogP contribution < -0.4 is 14.5 Å². The lowest BCUT2D eigenvalue weighted by atomic mass is 10.2. The molecule has 0 aliphatic carbocycles. The Morgan fingerprint density at radius 1 is 0.745 bits per heavy atom. The Morgan fingerprint density at radius 3 is 1.60 bits per heavy atom. The van der Waals surface area contributed by atoms with Gasteiger partial charge >= 0.3 is 12.4 Å². The van der Waals surface area contributed by atoms with Crippen molar-refractivity contribution in [3.8, 4) is 11.5 Å². The van der Waals surface area contributed by atoms with Crippen LogP contribution >= 0.6 is 23.2 Å². The molecule has 0 radical (unpaired) electrons. The van der Waals surface area contributed by atoms with E-state index in [4.69, 9.17) is 27.9 Å². The van der Waals surface area contributed by atoms with Crippen molar-refractivity contribution in [3.05, 3.63) is 69.5 Å². The number of aromatic hydroxyl groups is 1. The van der Waals surface area contributed by atoms with Crippen LogP contribution in [-0.4, -0.2) is 84.3 Å². The molecule has 47 heavy (non-hydrogen) atoms. The number of phenolic OH excluding ortho intramolecular Hbond substituents is 1. The molecule has 0 atom stereocenters. The van der Waals surface area contributed by atoms with E-state index in [-0.39, 0.29) is 59.6 Å². The van der Waals surface area contributed by atoms with Crippen LogP contribution in [0, 0.1) is 11.6 Å². The van der Waals surface area contributed by atoms with Gasteiger partial charge in [0.05, 0.1) is 41.6 Å². The minimum Gasteiger partial charge on any atom is -0.506 e. The number of aliphatic imine (C=N–C) groups is 2. The second kappa shape index (κ2) is 12.2. The molecule has 20 heteroatoms. The van der Waals surface area contributed by atoms with Gasteiger partial charge in [0.2, 0.25) is 11.9 Å². The number of alkyl halides is 6. The van der Waals surface area contributed by atoms with Crippen LogP contribution in [0.15, 0.2) is 57.8 Å². The number of phenols is 1. The van der Waals surface area contributed by atoms with Gasteiger partial charge in [0.1, 0.15) is 34.5 Å². The number of hydrogen-bond acceptors (Lipinski definition) is 8. The third-order valence-electron chi connectivity index (χ3n) is 6.88. The van der Waals surface area contributed by atoms with Crippen LogP contribution in [0.2, 0.25) is 10.0 Å². The molecule has 0 bridgehead atoms. The smallest absolute Gasteiger partial charge is 0.431 e. The number of amides is 2. The minimum atomic E-state index is -4.74. The van der Waals surface area contributed by atoms with Crippen LogP contribution in [0.1, 0.15) is 0 Å². The number of fused-ring (bicyclic) bond motifs is 2. The van der Waals surface area contributed by atoms with E-state index in [2.05, 4.69) is 9.98 Å². The van der Waals surface area contributed by atoms with Gasteiger partial charge in [-0.25, -0.2) is 18.6 Å². The number of ether oxygens (including phenoxy) is 1. The van der Waals surface area contributed by atoms with Gasteiger partial charge in [0.15, 0.2) is 0 Å². The number of carbonyl (C=O) groups excluding carboxylic acids is 2. The largest absolute Gasteiger partial charge is 0.506 e. The fraction of sp³-hybridized carbons (Fsp3) is 0.259. The Kier molecular flexibility index (Phi) is 8.78. The summed E-state index contributed by atoms with van der Waals surface area (Å²) in [4.78, 5) is 35.2. The first-order valence-corrected chi connectivity index (χ1v) is 13.8. The topological polar surface area (TPSA) is 101 Å². The summed E-state index contributed by atoms with van der Waals surface area (Å²) in [7, 11) is 1.29. The lowest BCUT2D eigenvalue weighted by Gasteiger charge is -2.35. The summed E-state index contributed by atoms with van der Waals surface area (Å²) in [5.41, 5.74) is -3.00. The predicted octanol–water partition coefficient (Wildman–Crippen LogP) is 5.60. The van der Waals surface area contributed by atoms with Crippen molar-refractivity contribution in [2.75, 3.05) is 43.1 Å². The molecule has 10 nitrogen and oxygen atoms in total. The number of anilines is 2. The first-order valence-electron chi connectivity index (χ1n) is 13.0. The third kappa shape index (κ3) is 6.26. The highest BCUT2D eigenvalue weighted by Crippen LogP contribution is 2.40. The number of halogens is 10. The summed E-state index contributed by atoms with van der Waals surface area (Å²) in [6.07, 6.45) is -8.67. The Hall–Kier alpha value is -4.58. The number of rotatable bonds is 3. The number of methoxy groups -OCH3 is 1. The Morgan fingerprint density at radius 2 is 1.17 bits per heavy atom. The van der Waals surface area contributed by atoms with E-state index in [1.54, 1.807) is 0 Å². The highest BCUT2D eigenvalue weighted by Gasteiger charge is 2.48. The fourth-order valence-corrected chi connectivity index (χ4v) is 5.27. The van der Waals surface area contributed by atoms with E-state index in [9.17, 15) is 49.8 Å². The lowest BCUT2D eigenvalue weighted by molar-refractivity contribution is -0.119. The van der Waals surface area contributed by atoms with Crippen molar-refractivity contribution in [2.45, 2.75) is 12.4 Å². The average Bonchev–Trinajstić information content (AvgIpc) is 3.65. The molecule has 0 unspecified atom stereocenters. The number of allylic oxidation sites excluding steroid dienone is 2. The predicted molar refractivity (Wildman–Crippen MR) is 152 cm³/mol. The number of guanidine groups is 2. The maximum absolute atomic E-state index is 14.3. The average molecular weight is 713 g/mol. The number of carbonyl (C=O) groups is 2. The van der Waals surface area contributed by atoms with Crippen LogP contribution in [0.25, 0.3) is 0 Å². The number of benzene rings is 2. The van der Waals surface area contributed by atoms with Crippen LogP contribution in [0.3, 0.4) is 0 Å². The van der Waals surface area contributed by atoms with Crippen molar-refractivity contribution in [2.24, 2.45) is 9.98 Å². The SMILES string of the molecule is COc1cc(N2C(=O)C=C(C(F)(F)F)N3CCN=C32)c(F)cc1Cl.O=C1C=C(C(F)(F)F)N2CCN=C2N1c1cc(O)c(Cl)cc1F. The standard InChI is InChI=1S/C14H10ClF4N3O2.C13H8ClF4N3O2/c1-24-10-5-9(8(16)4-7(10)15)22-12(23)6-11(14(17,18)19)21-3-2-20-13(21)22;14-6-3-7(15)8(4-9(6)22)21-11(23)5-10(13(16,17)18)20-2-1-19-12(20)21/h4-6H,2-3H2,1H3;3-5,22H,1-2H2. The molecule has 2 aromatic rings. The summed E-state index contributed by atoms with van der Waals surface area (Å²) in [6.45, 7) is -0.0744. The molecule has 0 spiro atoms. The van der Waals surface area contributed by atoms with Gasteiger partial charge in [0, 0.05) is 37.4 Å². The molecule has 2 amide bonds. The van der Waals surface area contributed by atoms with E-state index in [1.807, 2.05) is 0 Å². The van der Waals surface area contributed by atoms with Gasteiger partial charge < -0.3 is 19.6 Å². The van der Waals surface area contributed by atoms with Crippen molar-refractivity contribution in [1.82, 2.24) is 9.80 Å². The van der Waals surface area contributed by atoms with E-state index in [0.29, 0.717) is 17.1 Å². The summed E-state index contributed by atoms with van der Waals surface area (Å²) in [5, 5.41) is 9.27. The van der Waals surface area contributed by atoms with Gasteiger partial charge in [-0.15, -0.1) is 0 Å². The maximum atomic E-state index is 14.3. The third-order valence-corrected chi connectivity index (χ3v) is 7.48. The summed E-state index contributed by atoms with van der Waals surface area (Å²) in [5.74, 6) is -5.07. The van der Waals surface area contributed by atoms with E-state index < -0.39 is 58.6 Å². The number of hydrogen-bond donors (Lipinski definition) is 1. The molecular formula is C27H18Cl2F8N6O4. The monoisotopic (exact) mass is 712 g/mol. The molecular weight excluding hydrogens is 695 g/mol. The second-order valence-corrected chi connectivity index (χ2v) is 10.6. The first-order chi connectivity index (χ1) is 21.9. The van der Waals surface area contributed by atoms with Gasteiger partial charge in [-0.1, -0.05) is 23.2 Å². The van der Waals surface area contributed by atoms with Crippen LogP contribution in [-0.2, 0) is 9.59 Å². The molecule has 6 rings (SSSR count). The van der Waals surface area contributed by atoms with Crippen LogP contribution in [0.4, 0.5) is 46.5 Å². The van der Waals surface area contributed by atoms with Crippen molar-refractivity contribution < 1.29 is 54.6 Å². The molecule has 0 saturated carbocycles. The molecule has 4 aliphatic rings. The highest BCUT2D eigenvalue weighted by molar-refractivity contribution is 6.33. The zero-order chi connectivity index (χ0) is 34.6. The first kappa shape index (κ1) is 33.8. The zero-order valence-electron chi connectivity index (χ0n) is 23.4. The molecule has 0 saturated heterocycles. The molecule has 4 aliphatic heterocycles. The van der Waals surface area contributed by atoms with Gasteiger partial charge in [0.25, 0.3) is 11.8 Å². The molecule has 2 aromatic carbocycles. The zero-order valence-corrected chi connectivity index (χ0v) is 24.9. The van der Waals surface area contributed by atoms with Crippen LogP contribution in [0.5, 0.6) is 11.5 Å². The molecule has 0 fully saturated rings. The van der Waals surface area contributed by atoms with Crippen molar-refractivity contribution >= 4 is 58.3 Å².